The summed E-state index contributed by atoms with van der Waals surface area (Å²) in [4.78, 5) is 30.3. The van der Waals surface area contributed by atoms with Crippen molar-refractivity contribution in [2.75, 3.05) is 6.54 Å². The second-order valence-electron chi connectivity index (χ2n) is 4.51. The monoisotopic (exact) mass is 308 g/mol. The zero-order valence-corrected chi connectivity index (χ0v) is 12.1. The highest BCUT2D eigenvalue weighted by molar-refractivity contribution is 7.20. The molecule has 1 N–H and O–H groups in total. The molecule has 2 aromatic rings. The van der Waals surface area contributed by atoms with Gasteiger partial charge in [0.15, 0.2) is 0 Å². The summed E-state index contributed by atoms with van der Waals surface area (Å²) in [5, 5.41) is 13.6. The van der Waals surface area contributed by atoms with Gasteiger partial charge in [0, 0.05) is 11.9 Å². The van der Waals surface area contributed by atoms with Crippen LogP contribution < -0.4 is 0 Å². The van der Waals surface area contributed by atoms with Crippen LogP contribution in [0, 0.1) is 0 Å². The fraction of sp³-hybridized carbons (Fsp3) is 0.308. The largest absolute Gasteiger partial charge is 0.480 e. The maximum absolute atomic E-state index is 12.4. The molecule has 0 unspecified atom stereocenters. The molecule has 1 amide bonds. The maximum atomic E-state index is 12.4. The van der Waals surface area contributed by atoms with Gasteiger partial charge in [-0.05, 0) is 24.3 Å². The van der Waals surface area contributed by atoms with Gasteiger partial charge >= 0.3 is 5.97 Å². The minimum Gasteiger partial charge on any atom is -0.480 e. The van der Waals surface area contributed by atoms with Gasteiger partial charge in [0.05, 0.1) is 4.88 Å². The summed E-state index contributed by atoms with van der Waals surface area (Å²) in [6.07, 6.45) is 1.24. The van der Waals surface area contributed by atoms with Crippen LogP contribution in [-0.2, 0) is 4.79 Å². The molecule has 5 nitrogen and oxygen atoms in total. The van der Waals surface area contributed by atoms with Gasteiger partial charge in [-0.15, -0.1) is 22.7 Å². The molecule has 0 saturated carbocycles. The Morgan fingerprint density at radius 1 is 1.40 bits per heavy atom. The third-order valence-electron chi connectivity index (χ3n) is 3.25. The van der Waals surface area contributed by atoms with Crippen molar-refractivity contribution in [3.8, 4) is 9.88 Å². The molecule has 0 aliphatic carbocycles. The van der Waals surface area contributed by atoms with Crippen LogP contribution in [0.5, 0.6) is 0 Å². The van der Waals surface area contributed by atoms with Crippen molar-refractivity contribution in [1.82, 2.24) is 9.88 Å². The molecule has 0 spiro atoms. The van der Waals surface area contributed by atoms with Crippen molar-refractivity contribution >= 4 is 34.6 Å². The highest BCUT2D eigenvalue weighted by Gasteiger charge is 2.35. The average Bonchev–Trinajstić information content (AvgIpc) is 3.17. The van der Waals surface area contributed by atoms with Crippen molar-refractivity contribution in [3.05, 3.63) is 28.6 Å². The summed E-state index contributed by atoms with van der Waals surface area (Å²) in [5.41, 5.74) is 0.339. The number of thiazole rings is 1. The van der Waals surface area contributed by atoms with Crippen LogP contribution in [0.4, 0.5) is 0 Å². The van der Waals surface area contributed by atoms with Gasteiger partial charge < -0.3 is 10.0 Å². The zero-order valence-electron chi connectivity index (χ0n) is 10.5. The molecule has 1 fully saturated rings. The van der Waals surface area contributed by atoms with Crippen LogP contribution in [0.3, 0.4) is 0 Å². The third-order valence-corrected chi connectivity index (χ3v) is 5.14. The van der Waals surface area contributed by atoms with Crippen molar-refractivity contribution in [3.63, 3.8) is 0 Å². The van der Waals surface area contributed by atoms with Gasteiger partial charge in [-0.1, -0.05) is 6.07 Å². The molecule has 7 heteroatoms. The molecule has 104 valence electrons. The zero-order chi connectivity index (χ0) is 14.1. The quantitative estimate of drug-likeness (QED) is 0.946. The first-order chi connectivity index (χ1) is 9.66. The van der Waals surface area contributed by atoms with E-state index in [1.165, 1.54) is 16.2 Å². The molecule has 0 bridgehead atoms. The minimum atomic E-state index is -0.940. The average molecular weight is 308 g/mol. The molecular formula is C13H12N2O3S2. The Balaban J connectivity index is 1.83. The van der Waals surface area contributed by atoms with Gasteiger partial charge in [-0.2, -0.15) is 0 Å². The number of rotatable bonds is 3. The molecule has 1 aliphatic rings. The summed E-state index contributed by atoms with van der Waals surface area (Å²) in [7, 11) is 0. The standard InChI is InChI=1S/C13H12N2O3S2/c16-12(15-5-1-3-9(15)13(17)18)8-7-20-11(14-8)10-4-2-6-19-10/h2,4,6-7,9H,1,3,5H2,(H,17,18)/t9-/m0/s1. The Hall–Kier alpha value is -1.73. The second kappa shape index (κ2) is 5.34. The highest BCUT2D eigenvalue weighted by Crippen LogP contribution is 2.29. The number of hydrogen-bond donors (Lipinski definition) is 1. The molecule has 1 aliphatic heterocycles. The Morgan fingerprint density at radius 3 is 2.95 bits per heavy atom. The number of hydrogen-bond acceptors (Lipinski definition) is 5. The summed E-state index contributed by atoms with van der Waals surface area (Å²) in [6.45, 7) is 0.488. The van der Waals surface area contributed by atoms with E-state index in [-0.39, 0.29) is 5.91 Å². The Morgan fingerprint density at radius 2 is 2.25 bits per heavy atom. The van der Waals surface area contributed by atoms with E-state index in [1.807, 2.05) is 17.5 Å². The first kappa shape index (κ1) is 13.3. The first-order valence-corrected chi connectivity index (χ1v) is 7.96. The van der Waals surface area contributed by atoms with E-state index in [0.717, 1.165) is 16.3 Å². The van der Waals surface area contributed by atoms with Crippen molar-refractivity contribution in [2.24, 2.45) is 0 Å². The molecule has 0 aromatic carbocycles. The van der Waals surface area contributed by atoms with E-state index in [9.17, 15) is 9.59 Å². The van der Waals surface area contributed by atoms with Crippen LogP contribution >= 0.6 is 22.7 Å². The van der Waals surface area contributed by atoms with Gasteiger partial charge in [0.25, 0.3) is 5.91 Å². The minimum absolute atomic E-state index is 0.283. The molecule has 0 radical (unpaired) electrons. The molecule has 2 aromatic heterocycles. The lowest BCUT2D eigenvalue weighted by molar-refractivity contribution is -0.141. The van der Waals surface area contributed by atoms with E-state index in [1.54, 1.807) is 16.7 Å². The Labute approximate surface area is 123 Å². The van der Waals surface area contributed by atoms with E-state index >= 15 is 0 Å². The number of carbonyl (C=O) groups is 2. The fourth-order valence-corrected chi connectivity index (χ4v) is 3.91. The molecule has 3 rings (SSSR count). The Bertz CT molecular complexity index is 636. The van der Waals surface area contributed by atoms with E-state index in [2.05, 4.69) is 4.98 Å². The topological polar surface area (TPSA) is 70.5 Å². The summed E-state index contributed by atoms with van der Waals surface area (Å²) >= 11 is 2.98. The number of carboxylic acids is 1. The lowest BCUT2D eigenvalue weighted by atomic mass is 10.2. The summed E-state index contributed by atoms with van der Waals surface area (Å²) < 4.78 is 0. The van der Waals surface area contributed by atoms with E-state index < -0.39 is 12.0 Å². The number of aromatic nitrogens is 1. The number of aliphatic carboxylic acids is 1. The van der Waals surface area contributed by atoms with E-state index in [0.29, 0.717) is 18.7 Å². The molecular weight excluding hydrogens is 296 g/mol. The normalized spacial score (nSPS) is 18.4. The van der Waals surface area contributed by atoms with Gasteiger partial charge in [-0.3, -0.25) is 4.79 Å². The van der Waals surface area contributed by atoms with Crippen molar-refractivity contribution < 1.29 is 14.7 Å². The number of nitrogens with zero attached hydrogens (tertiary/aromatic N) is 2. The third kappa shape index (κ3) is 2.34. The van der Waals surface area contributed by atoms with Crippen molar-refractivity contribution in [1.29, 1.82) is 0 Å². The smallest absolute Gasteiger partial charge is 0.326 e. The van der Waals surface area contributed by atoms with Crippen LogP contribution in [-0.4, -0.2) is 39.5 Å². The lowest BCUT2D eigenvalue weighted by Crippen LogP contribution is -2.40. The predicted molar refractivity (Wildman–Crippen MR) is 77.1 cm³/mol. The summed E-state index contributed by atoms with van der Waals surface area (Å²) in [6, 6.07) is 3.17. The first-order valence-electron chi connectivity index (χ1n) is 6.20. The maximum Gasteiger partial charge on any atom is 0.326 e. The molecule has 1 atom stereocenters. The number of thiophene rings is 1. The van der Waals surface area contributed by atoms with Gasteiger partial charge in [0.2, 0.25) is 0 Å². The van der Waals surface area contributed by atoms with Crippen LogP contribution in [0.25, 0.3) is 9.88 Å². The number of carboxylic acid groups (broad SMARTS) is 1. The van der Waals surface area contributed by atoms with E-state index in [4.69, 9.17) is 5.11 Å². The van der Waals surface area contributed by atoms with Crippen LogP contribution in [0.2, 0.25) is 0 Å². The van der Waals surface area contributed by atoms with Gasteiger partial charge in [-0.25, -0.2) is 9.78 Å². The van der Waals surface area contributed by atoms with Gasteiger partial charge in [0.1, 0.15) is 16.7 Å². The number of likely N-dealkylation sites (tertiary alicyclic amines) is 1. The SMILES string of the molecule is O=C(O)[C@@H]1CCCN1C(=O)c1csc(-c2cccs2)n1. The van der Waals surface area contributed by atoms with Crippen LogP contribution in [0.15, 0.2) is 22.9 Å². The fourth-order valence-electron chi connectivity index (χ4n) is 2.30. The lowest BCUT2D eigenvalue weighted by Gasteiger charge is -2.20. The number of carbonyl (C=O) groups excluding carboxylic acids is 1. The second-order valence-corrected chi connectivity index (χ2v) is 6.32. The molecule has 3 heterocycles. The number of amides is 1. The molecule has 1 saturated heterocycles. The predicted octanol–water partition coefficient (Wildman–Crippen LogP) is 2.56. The summed E-state index contributed by atoms with van der Waals surface area (Å²) in [5.74, 6) is -1.22. The molecule has 20 heavy (non-hydrogen) atoms. The van der Waals surface area contributed by atoms with Crippen molar-refractivity contribution in [2.45, 2.75) is 18.9 Å². The Kier molecular flexibility index (Phi) is 3.54. The van der Waals surface area contributed by atoms with Crippen LogP contribution in [0.1, 0.15) is 23.3 Å². The highest BCUT2D eigenvalue weighted by atomic mass is 32.1.